The molecular weight excluding hydrogens is 316 g/mol. The molecule has 1 unspecified atom stereocenters. The zero-order valence-corrected chi connectivity index (χ0v) is 14.5. The van der Waals surface area contributed by atoms with Crippen molar-refractivity contribution in [3.05, 3.63) is 34.6 Å². The van der Waals surface area contributed by atoms with E-state index in [4.69, 9.17) is 26.8 Å². The second-order valence-electron chi connectivity index (χ2n) is 5.20. The summed E-state index contributed by atoms with van der Waals surface area (Å²) in [6.07, 6.45) is 4.31. The summed E-state index contributed by atoms with van der Waals surface area (Å²) in [7, 11) is 1.58. The lowest BCUT2D eigenvalue weighted by Crippen LogP contribution is -2.11. The van der Waals surface area contributed by atoms with E-state index in [1.165, 1.54) is 4.68 Å². The van der Waals surface area contributed by atoms with Crippen LogP contribution in [0.3, 0.4) is 0 Å². The predicted molar refractivity (Wildman–Crippen MR) is 92.8 cm³/mol. The van der Waals surface area contributed by atoms with Gasteiger partial charge in [-0.15, -0.1) is 0 Å². The highest BCUT2D eigenvalue weighted by molar-refractivity contribution is 6.32. The summed E-state index contributed by atoms with van der Waals surface area (Å²) in [4.78, 5) is 4.09. The quantitative estimate of drug-likeness (QED) is 0.819. The van der Waals surface area contributed by atoms with Gasteiger partial charge in [-0.25, -0.2) is 9.66 Å². The maximum Gasteiger partial charge on any atom is 0.221 e. The third-order valence-electron chi connectivity index (χ3n) is 3.31. The second-order valence-corrected chi connectivity index (χ2v) is 5.61. The number of aromatic nitrogens is 2. The highest BCUT2D eigenvalue weighted by Crippen LogP contribution is 2.37. The maximum absolute atomic E-state index is 6.32. The zero-order chi connectivity index (χ0) is 17.0. The minimum absolute atomic E-state index is 0.0506. The number of methoxy groups -OCH3 is 1. The van der Waals surface area contributed by atoms with Gasteiger partial charge in [-0.3, -0.25) is 0 Å². The van der Waals surface area contributed by atoms with Gasteiger partial charge in [0.05, 0.1) is 36.3 Å². The molecular formula is C16H21ClN4O2. The molecule has 0 spiro atoms. The van der Waals surface area contributed by atoms with Crippen molar-refractivity contribution in [2.24, 2.45) is 5.10 Å². The SMILES string of the molecule is CCC(C)Oc1c(Cl)cc(C=Nn2cc(C)nc2N)cc1OC. The molecule has 7 heteroatoms. The number of ether oxygens (including phenoxy) is 2. The van der Waals surface area contributed by atoms with E-state index in [-0.39, 0.29) is 6.10 Å². The first kappa shape index (κ1) is 17.1. The molecule has 1 aromatic heterocycles. The maximum atomic E-state index is 6.32. The standard InChI is InChI=1S/C16H21ClN4O2/c1-5-11(3)23-15-13(17)6-12(7-14(15)22-4)8-19-21-9-10(2)20-16(21)18/h6-9,11H,5H2,1-4H3,(H2,18,20). The van der Waals surface area contributed by atoms with Gasteiger partial charge in [0, 0.05) is 0 Å². The minimum Gasteiger partial charge on any atom is -0.493 e. The Balaban J connectivity index is 2.30. The van der Waals surface area contributed by atoms with Crippen LogP contribution in [-0.4, -0.2) is 29.1 Å². The lowest BCUT2D eigenvalue weighted by Gasteiger charge is -2.17. The Labute approximate surface area is 140 Å². The minimum atomic E-state index is 0.0506. The monoisotopic (exact) mass is 336 g/mol. The van der Waals surface area contributed by atoms with Crippen LogP contribution >= 0.6 is 11.6 Å². The molecule has 1 aromatic carbocycles. The number of halogens is 1. The average molecular weight is 337 g/mol. The van der Waals surface area contributed by atoms with Gasteiger partial charge < -0.3 is 15.2 Å². The lowest BCUT2D eigenvalue weighted by molar-refractivity contribution is 0.208. The van der Waals surface area contributed by atoms with Gasteiger partial charge in [-0.1, -0.05) is 18.5 Å². The summed E-state index contributed by atoms with van der Waals surface area (Å²) in [5.74, 6) is 1.43. The van der Waals surface area contributed by atoms with E-state index in [0.29, 0.717) is 22.5 Å². The lowest BCUT2D eigenvalue weighted by atomic mass is 10.2. The molecule has 23 heavy (non-hydrogen) atoms. The van der Waals surface area contributed by atoms with Crippen molar-refractivity contribution in [3.8, 4) is 11.5 Å². The van der Waals surface area contributed by atoms with Crippen molar-refractivity contribution in [1.82, 2.24) is 9.66 Å². The van der Waals surface area contributed by atoms with Gasteiger partial charge in [0.2, 0.25) is 5.95 Å². The Kier molecular flexibility index (Phi) is 5.50. The molecule has 6 nitrogen and oxygen atoms in total. The summed E-state index contributed by atoms with van der Waals surface area (Å²) in [6, 6.07) is 3.58. The molecule has 1 heterocycles. The van der Waals surface area contributed by atoms with Gasteiger partial charge in [-0.2, -0.15) is 5.10 Å². The zero-order valence-electron chi connectivity index (χ0n) is 13.7. The van der Waals surface area contributed by atoms with Crippen molar-refractivity contribution in [2.75, 3.05) is 12.8 Å². The van der Waals surface area contributed by atoms with Crippen LogP contribution in [0.4, 0.5) is 5.95 Å². The van der Waals surface area contributed by atoms with E-state index < -0.39 is 0 Å². The molecule has 0 bridgehead atoms. The summed E-state index contributed by atoms with van der Waals surface area (Å²) in [5, 5.41) is 4.74. The molecule has 0 fully saturated rings. The van der Waals surface area contributed by atoms with Gasteiger partial charge >= 0.3 is 0 Å². The molecule has 0 saturated carbocycles. The summed E-state index contributed by atoms with van der Waals surface area (Å²) < 4.78 is 12.7. The molecule has 0 saturated heterocycles. The van der Waals surface area contributed by atoms with E-state index >= 15 is 0 Å². The molecule has 2 aromatic rings. The third-order valence-corrected chi connectivity index (χ3v) is 3.59. The molecule has 0 aliphatic rings. The number of benzene rings is 1. The fourth-order valence-corrected chi connectivity index (χ4v) is 2.20. The van der Waals surface area contributed by atoms with Crippen LogP contribution in [-0.2, 0) is 0 Å². The average Bonchev–Trinajstić information content (AvgIpc) is 2.84. The van der Waals surface area contributed by atoms with Gasteiger partial charge in [0.25, 0.3) is 0 Å². The van der Waals surface area contributed by atoms with Crippen molar-refractivity contribution >= 4 is 23.8 Å². The van der Waals surface area contributed by atoms with Gasteiger partial charge in [0.15, 0.2) is 11.5 Å². The van der Waals surface area contributed by atoms with Crippen molar-refractivity contribution in [3.63, 3.8) is 0 Å². The van der Waals surface area contributed by atoms with E-state index in [2.05, 4.69) is 10.1 Å². The number of nitrogen functional groups attached to an aromatic ring is 1. The molecule has 1 atom stereocenters. The molecule has 2 rings (SSSR count). The van der Waals surface area contributed by atoms with E-state index in [1.54, 1.807) is 25.6 Å². The number of anilines is 1. The van der Waals surface area contributed by atoms with Crippen molar-refractivity contribution < 1.29 is 9.47 Å². The summed E-state index contributed by atoms with van der Waals surface area (Å²) >= 11 is 6.32. The molecule has 124 valence electrons. The Bertz CT molecular complexity index is 712. The highest BCUT2D eigenvalue weighted by Gasteiger charge is 2.14. The first-order valence-electron chi connectivity index (χ1n) is 7.34. The Hall–Kier alpha value is -2.21. The predicted octanol–water partition coefficient (Wildman–Crippen LogP) is 3.50. The summed E-state index contributed by atoms with van der Waals surface area (Å²) in [6.45, 7) is 5.88. The van der Waals surface area contributed by atoms with Gasteiger partial charge in [0.1, 0.15) is 0 Å². The van der Waals surface area contributed by atoms with E-state index in [9.17, 15) is 0 Å². The molecule has 0 radical (unpaired) electrons. The van der Waals surface area contributed by atoms with Gasteiger partial charge in [-0.05, 0) is 38.0 Å². The third kappa shape index (κ3) is 4.16. The number of hydrogen-bond donors (Lipinski definition) is 1. The number of nitrogens with two attached hydrogens (primary N) is 1. The van der Waals surface area contributed by atoms with Crippen molar-refractivity contribution in [1.29, 1.82) is 0 Å². The molecule has 0 aliphatic heterocycles. The number of imidazole rings is 1. The van der Waals surface area contributed by atoms with E-state index in [0.717, 1.165) is 17.7 Å². The smallest absolute Gasteiger partial charge is 0.221 e. The highest BCUT2D eigenvalue weighted by atomic mass is 35.5. The van der Waals surface area contributed by atoms with Crippen LogP contribution in [0.5, 0.6) is 11.5 Å². The van der Waals surface area contributed by atoms with Crippen LogP contribution in [0.1, 0.15) is 31.5 Å². The second kappa shape index (κ2) is 7.37. The van der Waals surface area contributed by atoms with Crippen LogP contribution in [0.25, 0.3) is 0 Å². The van der Waals surface area contributed by atoms with Crippen LogP contribution in [0, 0.1) is 6.92 Å². The van der Waals surface area contributed by atoms with Crippen LogP contribution < -0.4 is 15.2 Å². The molecule has 0 amide bonds. The number of rotatable bonds is 6. The number of aryl methyl sites for hydroxylation is 1. The molecule has 0 aliphatic carbocycles. The molecule has 2 N–H and O–H groups in total. The van der Waals surface area contributed by atoms with E-state index in [1.807, 2.05) is 26.8 Å². The Morgan fingerprint density at radius 2 is 2.22 bits per heavy atom. The first-order valence-corrected chi connectivity index (χ1v) is 7.72. The fourth-order valence-electron chi connectivity index (χ4n) is 1.94. The Morgan fingerprint density at radius 1 is 1.48 bits per heavy atom. The first-order chi connectivity index (χ1) is 10.9. The number of hydrogen-bond acceptors (Lipinski definition) is 5. The van der Waals surface area contributed by atoms with Crippen LogP contribution in [0.15, 0.2) is 23.4 Å². The largest absolute Gasteiger partial charge is 0.493 e. The fraction of sp³-hybridized carbons (Fsp3) is 0.375. The summed E-state index contributed by atoms with van der Waals surface area (Å²) in [5.41, 5.74) is 7.32. The topological polar surface area (TPSA) is 74.7 Å². The van der Waals surface area contributed by atoms with Crippen LogP contribution in [0.2, 0.25) is 5.02 Å². The normalized spacial score (nSPS) is 12.6. The number of nitrogens with zero attached hydrogens (tertiary/aromatic N) is 3. The Morgan fingerprint density at radius 3 is 2.78 bits per heavy atom. The van der Waals surface area contributed by atoms with Crippen molar-refractivity contribution in [2.45, 2.75) is 33.3 Å².